The van der Waals surface area contributed by atoms with Gasteiger partial charge in [0.15, 0.2) is 0 Å². The van der Waals surface area contributed by atoms with Crippen LogP contribution in [0.15, 0.2) is 48.5 Å². The molecule has 92 valence electrons. The van der Waals surface area contributed by atoms with Gasteiger partial charge in [-0.1, -0.05) is 35.9 Å². The Morgan fingerprint density at radius 2 is 1.78 bits per heavy atom. The molecule has 0 fully saturated rings. The Morgan fingerprint density at radius 1 is 1.11 bits per heavy atom. The number of benzene rings is 2. The predicted octanol–water partition coefficient (Wildman–Crippen LogP) is 3.23. The van der Waals surface area contributed by atoms with Gasteiger partial charge in [-0.15, -0.1) is 0 Å². The number of amides is 1. The number of hydrogen-bond donors (Lipinski definition) is 2. The Hall–Kier alpha value is -2.00. The van der Waals surface area contributed by atoms with Crippen molar-refractivity contribution in [1.29, 1.82) is 0 Å². The van der Waals surface area contributed by atoms with Crippen LogP contribution in [0.5, 0.6) is 5.75 Å². The van der Waals surface area contributed by atoms with Crippen LogP contribution in [0.2, 0.25) is 5.02 Å². The van der Waals surface area contributed by atoms with Gasteiger partial charge < -0.3 is 10.4 Å². The van der Waals surface area contributed by atoms with E-state index in [-0.39, 0.29) is 18.1 Å². The molecule has 3 nitrogen and oxygen atoms in total. The lowest BCUT2D eigenvalue weighted by Crippen LogP contribution is -2.14. The second-order valence-electron chi connectivity index (χ2n) is 3.87. The van der Waals surface area contributed by atoms with E-state index in [0.717, 1.165) is 5.56 Å². The van der Waals surface area contributed by atoms with Crippen molar-refractivity contribution in [2.24, 2.45) is 0 Å². The molecule has 0 atom stereocenters. The van der Waals surface area contributed by atoms with Gasteiger partial charge in [0, 0.05) is 0 Å². The fourth-order valence-corrected chi connectivity index (χ4v) is 1.74. The van der Waals surface area contributed by atoms with Crippen LogP contribution in [0.25, 0.3) is 0 Å². The van der Waals surface area contributed by atoms with E-state index in [4.69, 9.17) is 16.7 Å². The third kappa shape index (κ3) is 3.25. The number of phenolic OH excluding ortho intramolecular Hbond substituents is 1. The molecule has 4 heteroatoms. The maximum Gasteiger partial charge on any atom is 0.228 e. The highest BCUT2D eigenvalue weighted by Gasteiger charge is 2.06. The molecule has 0 aromatic heterocycles. The molecule has 0 heterocycles. The molecule has 18 heavy (non-hydrogen) atoms. The van der Waals surface area contributed by atoms with E-state index in [1.807, 2.05) is 6.07 Å². The average molecular weight is 262 g/mol. The van der Waals surface area contributed by atoms with E-state index in [1.165, 1.54) is 0 Å². The molecule has 0 aliphatic heterocycles. The monoisotopic (exact) mass is 261 g/mol. The Kier molecular flexibility index (Phi) is 3.85. The second kappa shape index (κ2) is 5.56. The van der Waals surface area contributed by atoms with E-state index in [2.05, 4.69) is 5.32 Å². The van der Waals surface area contributed by atoms with Crippen LogP contribution in [-0.4, -0.2) is 11.0 Å². The summed E-state index contributed by atoms with van der Waals surface area (Å²) in [5, 5.41) is 12.4. The zero-order chi connectivity index (χ0) is 13.0. The molecule has 0 saturated carbocycles. The summed E-state index contributed by atoms with van der Waals surface area (Å²) in [6.07, 6.45) is 0.242. The van der Waals surface area contributed by atoms with Gasteiger partial charge >= 0.3 is 0 Å². The first-order valence-corrected chi connectivity index (χ1v) is 5.85. The van der Waals surface area contributed by atoms with Crippen LogP contribution < -0.4 is 5.32 Å². The van der Waals surface area contributed by atoms with Crippen molar-refractivity contribution in [3.8, 4) is 5.75 Å². The zero-order valence-electron chi connectivity index (χ0n) is 9.56. The highest BCUT2D eigenvalue weighted by atomic mass is 35.5. The maximum absolute atomic E-state index is 11.8. The van der Waals surface area contributed by atoms with E-state index in [9.17, 15) is 4.79 Å². The fraction of sp³-hybridized carbons (Fsp3) is 0.0714. The van der Waals surface area contributed by atoms with Crippen molar-refractivity contribution < 1.29 is 9.90 Å². The van der Waals surface area contributed by atoms with Crippen molar-refractivity contribution in [3.05, 3.63) is 59.1 Å². The summed E-state index contributed by atoms with van der Waals surface area (Å²) in [5.74, 6) is 0.0408. The molecule has 2 rings (SSSR count). The smallest absolute Gasteiger partial charge is 0.228 e. The maximum atomic E-state index is 11.8. The molecule has 0 unspecified atom stereocenters. The Balaban J connectivity index is 2.01. The first-order valence-electron chi connectivity index (χ1n) is 5.47. The standard InChI is InChI=1S/C14H12ClNO2/c15-12-3-1-2-4-13(12)16-14(18)9-10-5-7-11(17)8-6-10/h1-8,17H,9H2,(H,16,18). The molecule has 0 radical (unpaired) electrons. The van der Waals surface area contributed by atoms with Gasteiger partial charge in [-0.25, -0.2) is 0 Å². The fourth-order valence-electron chi connectivity index (χ4n) is 1.56. The van der Waals surface area contributed by atoms with Gasteiger partial charge in [-0.2, -0.15) is 0 Å². The molecule has 0 saturated heterocycles. The van der Waals surface area contributed by atoms with Crippen molar-refractivity contribution >= 4 is 23.2 Å². The summed E-state index contributed by atoms with van der Waals surface area (Å²) < 4.78 is 0. The first-order chi connectivity index (χ1) is 8.65. The molecule has 2 N–H and O–H groups in total. The minimum Gasteiger partial charge on any atom is -0.508 e. The summed E-state index contributed by atoms with van der Waals surface area (Å²) in [7, 11) is 0. The molecule has 2 aromatic rings. The SMILES string of the molecule is O=C(Cc1ccc(O)cc1)Nc1ccccc1Cl. The molecule has 1 amide bonds. The van der Waals surface area contributed by atoms with Gasteiger partial charge in [-0.05, 0) is 29.8 Å². The van der Waals surface area contributed by atoms with E-state index in [0.29, 0.717) is 10.7 Å². The molecule has 0 aliphatic rings. The second-order valence-corrected chi connectivity index (χ2v) is 4.28. The lowest BCUT2D eigenvalue weighted by Gasteiger charge is -2.07. The lowest BCUT2D eigenvalue weighted by molar-refractivity contribution is -0.115. The molecule has 2 aromatic carbocycles. The van der Waals surface area contributed by atoms with Gasteiger partial charge in [0.25, 0.3) is 0 Å². The average Bonchev–Trinajstić information content (AvgIpc) is 2.35. The van der Waals surface area contributed by atoms with Crippen LogP contribution in [0.4, 0.5) is 5.69 Å². The Labute approximate surface area is 110 Å². The third-order valence-corrected chi connectivity index (χ3v) is 2.78. The normalized spacial score (nSPS) is 10.1. The van der Waals surface area contributed by atoms with Gasteiger partial charge in [-0.3, -0.25) is 4.79 Å². The summed E-state index contributed by atoms with van der Waals surface area (Å²) >= 11 is 5.94. The number of halogens is 1. The highest BCUT2D eigenvalue weighted by molar-refractivity contribution is 6.33. The third-order valence-electron chi connectivity index (χ3n) is 2.45. The highest BCUT2D eigenvalue weighted by Crippen LogP contribution is 2.20. The summed E-state index contributed by atoms with van der Waals surface area (Å²) in [6, 6.07) is 13.6. The van der Waals surface area contributed by atoms with Crippen LogP contribution in [0, 0.1) is 0 Å². The largest absolute Gasteiger partial charge is 0.508 e. The number of hydrogen-bond acceptors (Lipinski definition) is 2. The van der Waals surface area contributed by atoms with Crippen LogP contribution in [0.3, 0.4) is 0 Å². The minimum atomic E-state index is -0.145. The number of para-hydroxylation sites is 1. The number of rotatable bonds is 3. The molecular formula is C14H12ClNO2. The number of phenols is 1. The van der Waals surface area contributed by atoms with Crippen molar-refractivity contribution in [2.75, 3.05) is 5.32 Å². The van der Waals surface area contributed by atoms with Crippen LogP contribution in [0.1, 0.15) is 5.56 Å². The number of anilines is 1. The quantitative estimate of drug-likeness (QED) is 0.891. The predicted molar refractivity (Wildman–Crippen MR) is 71.9 cm³/mol. The minimum absolute atomic E-state index is 0.145. The van der Waals surface area contributed by atoms with Gasteiger partial charge in [0.2, 0.25) is 5.91 Å². The van der Waals surface area contributed by atoms with Crippen LogP contribution in [-0.2, 0) is 11.2 Å². The number of carbonyl (C=O) groups is 1. The van der Waals surface area contributed by atoms with Crippen molar-refractivity contribution in [3.63, 3.8) is 0 Å². The topological polar surface area (TPSA) is 49.3 Å². The molecular weight excluding hydrogens is 250 g/mol. The first kappa shape index (κ1) is 12.5. The summed E-state index contributed by atoms with van der Waals surface area (Å²) in [4.78, 5) is 11.8. The summed E-state index contributed by atoms with van der Waals surface area (Å²) in [5.41, 5.74) is 1.43. The Morgan fingerprint density at radius 3 is 2.44 bits per heavy atom. The van der Waals surface area contributed by atoms with Gasteiger partial charge in [0.05, 0.1) is 17.1 Å². The zero-order valence-corrected chi connectivity index (χ0v) is 10.3. The van der Waals surface area contributed by atoms with Gasteiger partial charge in [0.1, 0.15) is 5.75 Å². The molecule has 0 spiro atoms. The van der Waals surface area contributed by atoms with Crippen molar-refractivity contribution in [1.82, 2.24) is 0 Å². The van der Waals surface area contributed by atoms with E-state index < -0.39 is 0 Å². The number of aromatic hydroxyl groups is 1. The van der Waals surface area contributed by atoms with E-state index >= 15 is 0 Å². The van der Waals surface area contributed by atoms with Crippen molar-refractivity contribution in [2.45, 2.75) is 6.42 Å². The summed E-state index contributed by atoms with van der Waals surface area (Å²) in [6.45, 7) is 0. The Bertz CT molecular complexity index is 552. The van der Waals surface area contributed by atoms with Crippen LogP contribution >= 0.6 is 11.6 Å². The lowest BCUT2D eigenvalue weighted by atomic mass is 10.1. The van der Waals surface area contributed by atoms with E-state index in [1.54, 1.807) is 42.5 Å². The molecule has 0 aliphatic carbocycles. The number of carbonyl (C=O) groups excluding carboxylic acids is 1. The molecule has 0 bridgehead atoms. The number of nitrogens with one attached hydrogen (secondary N) is 1.